The lowest BCUT2D eigenvalue weighted by molar-refractivity contribution is -0.121. The molecular weight excluding hydrogens is 365 g/mol. The fraction of sp³-hybridized carbons (Fsp3) is 0.412. The third kappa shape index (κ3) is 4.41. The van der Waals surface area contributed by atoms with Crippen molar-refractivity contribution in [2.45, 2.75) is 31.7 Å². The zero-order valence-corrected chi connectivity index (χ0v) is 15.5. The predicted octanol–water partition coefficient (Wildman–Crippen LogP) is 4.17. The Bertz CT molecular complexity index is 665. The Kier molecular flexibility index (Phi) is 5.98. The molecule has 2 heterocycles. The minimum absolute atomic E-state index is 0.0543. The highest BCUT2D eigenvalue weighted by molar-refractivity contribution is 7.13. The van der Waals surface area contributed by atoms with Crippen LogP contribution < -0.4 is 10.2 Å². The van der Waals surface area contributed by atoms with E-state index in [0.717, 1.165) is 36.6 Å². The third-order valence-corrected chi connectivity index (χ3v) is 5.75. The molecule has 1 amide bonds. The second kappa shape index (κ2) is 8.19. The molecule has 1 aliphatic heterocycles. The van der Waals surface area contributed by atoms with E-state index < -0.39 is 0 Å². The molecule has 0 aliphatic carbocycles. The number of benzene rings is 1. The highest BCUT2D eigenvalue weighted by Crippen LogP contribution is 2.26. The van der Waals surface area contributed by atoms with Crippen LogP contribution in [0.1, 0.15) is 24.8 Å². The van der Waals surface area contributed by atoms with E-state index >= 15 is 0 Å². The second-order valence-electron chi connectivity index (χ2n) is 5.84. The monoisotopic (exact) mass is 383 g/mol. The van der Waals surface area contributed by atoms with Gasteiger partial charge in [0.25, 0.3) is 0 Å². The van der Waals surface area contributed by atoms with Gasteiger partial charge in [-0.1, -0.05) is 29.3 Å². The molecule has 2 aromatic rings. The number of rotatable bonds is 5. The summed E-state index contributed by atoms with van der Waals surface area (Å²) in [5.74, 6) is 0.0543. The van der Waals surface area contributed by atoms with Crippen molar-refractivity contribution in [1.82, 2.24) is 10.3 Å². The lowest BCUT2D eigenvalue weighted by atomic mass is 10.0. The topological polar surface area (TPSA) is 45.2 Å². The summed E-state index contributed by atoms with van der Waals surface area (Å²) < 4.78 is 0. The highest BCUT2D eigenvalue weighted by Gasteiger charge is 2.22. The van der Waals surface area contributed by atoms with Gasteiger partial charge >= 0.3 is 0 Å². The van der Waals surface area contributed by atoms with Crippen LogP contribution in [0.15, 0.2) is 29.8 Å². The Morgan fingerprint density at radius 2 is 2.00 bits per heavy atom. The number of thiazole rings is 1. The number of carbonyl (C=O) groups excluding carboxylic acids is 1. The summed E-state index contributed by atoms with van der Waals surface area (Å²) >= 11 is 13.9. The first-order chi connectivity index (χ1) is 11.6. The molecule has 0 unspecified atom stereocenters. The molecule has 1 aromatic carbocycles. The molecule has 1 N–H and O–H groups in total. The number of hydrogen-bond acceptors (Lipinski definition) is 4. The van der Waals surface area contributed by atoms with Crippen LogP contribution in [0.3, 0.4) is 0 Å². The number of aromatic nitrogens is 1. The van der Waals surface area contributed by atoms with Gasteiger partial charge in [-0.15, -0.1) is 11.3 Å². The molecule has 1 saturated heterocycles. The number of piperidine rings is 1. The van der Waals surface area contributed by atoms with E-state index in [1.807, 2.05) is 17.6 Å². The van der Waals surface area contributed by atoms with Crippen molar-refractivity contribution in [3.63, 3.8) is 0 Å². The highest BCUT2D eigenvalue weighted by atomic mass is 35.5. The Hall–Kier alpha value is -1.30. The minimum Gasteiger partial charge on any atom is -0.353 e. The molecule has 1 fully saturated rings. The molecule has 1 aliphatic rings. The van der Waals surface area contributed by atoms with Crippen molar-refractivity contribution in [3.8, 4) is 0 Å². The van der Waals surface area contributed by atoms with E-state index in [4.69, 9.17) is 23.2 Å². The Balaban J connectivity index is 1.45. The number of halogens is 2. The maximum absolute atomic E-state index is 12.2. The molecule has 4 nitrogen and oxygen atoms in total. The van der Waals surface area contributed by atoms with Gasteiger partial charge in [-0.2, -0.15) is 0 Å². The first-order valence-electron chi connectivity index (χ1n) is 8.00. The number of anilines is 1. The average molecular weight is 384 g/mol. The summed E-state index contributed by atoms with van der Waals surface area (Å²) in [4.78, 5) is 18.8. The fourth-order valence-corrected chi connectivity index (χ4v) is 4.18. The van der Waals surface area contributed by atoms with Crippen molar-refractivity contribution < 1.29 is 4.79 Å². The third-order valence-electron chi connectivity index (χ3n) is 4.21. The van der Waals surface area contributed by atoms with E-state index in [-0.39, 0.29) is 11.9 Å². The van der Waals surface area contributed by atoms with Crippen LogP contribution in [0, 0.1) is 0 Å². The maximum atomic E-state index is 12.2. The molecule has 3 rings (SSSR count). The summed E-state index contributed by atoms with van der Waals surface area (Å²) in [7, 11) is 0. The lowest BCUT2D eigenvalue weighted by Gasteiger charge is -2.32. The molecule has 0 bridgehead atoms. The molecule has 0 spiro atoms. The van der Waals surface area contributed by atoms with Crippen LogP contribution in [0.5, 0.6) is 0 Å². The molecule has 7 heteroatoms. The fourth-order valence-electron chi connectivity index (χ4n) is 2.90. The van der Waals surface area contributed by atoms with Crippen molar-refractivity contribution >= 4 is 45.6 Å². The standard InChI is InChI=1S/C17H19Cl2N3OS/c18-14-2-1-3-15(19)13(14)4-5-16(23)21-12-6-9-22(10-7-12)17-20-8-11-24-17/h1-3,8,11-12H,4-7,9-10H2,(H,21,23). The van der Waals surface area contributed by atoms with Crippen molar-refractivity contribution in [2.75, 3.05) is 18.0 Å². The summed E-state index contributed by atoms with van der Waals surface area (Å²) in [6, 6.07) is 5.64. The van der Waals surface area contributed by atoms with Crippen LogP contribution in [0.4, 0.5) is 5.13 Å². The number of nitrogens with one attached hydrogen (secondary N) is 1. The van der Waals surface area contributed by atoms with E-state index in [2.05, 4.69) is 15.2 Å². The van der Waals surface area contributed by atoms with Crippen LogP contribution in [0.25, 0.3) is 0 Å². The Labute approximate surface area is 155 Å². The van der Waals surface area contributed by atoms with Gasteiger partial charge in [-0.05, 0) is 37.0 Å². The van der Waals surface area contributed by atoms with Crippen LogP contribution >= 0.6 is 34.5 Å². The molecule has 0 atom stereocenters. The van der Waals surface area contributed by atoms with E-state index in [1.54, 1.807) is 23.5 Å². The van der Waals surface area contributed by atoms with E-state index in [0.29, 0.717) is 22.9 Å². The molecule has 0 radical (unpaired) electrons. The van der Waals surface area contributed by atoms with E-state index in [1.165, 1.54) is 0 Å². The summed E-state index contributed by atoms with van der Waals surface area (Å²) in [5.41, 5.74) is 0.842. The molecule has 0 saturated carbocycles. The van der Waals surface area contributed by atoms with Crippen LogP contribution in [0.2, 0.25) is 10.0 Å². The zero-order valence-electron chi connectivity index (χ0n) is 13.2. The Morgan fingerprint density at radius 1 is 1.29 bits per heavy atom. The summed E-state index contributed by atoms with van der Waals surface area (Å²) in [5, 5.41) is 7.41. The van der Waals surface area contributed by atoms with Gasteiger partial charge in [-0.3, -0.25) is 4.79 Å². The number of carbonyl (C=O) groups is 1. The quantitative estimate of drug-likeness (QED) is 0.842. The zero-order chi connectivity index (χ0) is 16.9. The SMILES string of the molecule is O=C(CCc1c(Cl)cccc1Cl)NC1CCN(c2nccs2)CC1. The Morgan fingerprint density at radius 3 is 2.62 bits per heavy atom. The lowest BCUT2D eigenvalue weighted by Crippen LogP contribution is -2.44. The van der Waals surface area contributed by atoms with Crippen LogP contribution in [-0.4, -0.2) is 30.0 Å². The maximum Gasteiger partial charge on any atom is 0.220 e. The van der Waals surface area contributed by atoms with Gasteiger partial charge in [0, 0.05) is 47.2 Å². The van der Waals surface area contributed by atoms with Gasteiger partial charge < -0.3 is 10.2 Å². The largest absolute Gasteiger partial charge is 0.353 e. The predicted molar refractivity (Wildman–Crippen MR) is 100 cm³/mol. The van der Waals surface area contributed by atoms with Crippen molar-refractivity contribution in [2.24, 2.45) is 0 Å². The first-order valence-corrected chi connectivity index (χ1v) is 9.63. The van der Waals surface area contributed by atoms with Crippen LogP contribution in [-0.2, 0) is 11.2 Å². The van der Waals surface area contributed by atoms with Crippen molar-refractivity contribution in [1.29, 1.82) is 0 Å². The number of hydrogen-bond donors (Lipinski definition) is 1. The molecule has 1 aromatic heterocycles. The smallest absolute Gasteiger partial charge is 0.220 e. The second-order valence-corrected chi connectivity index (χ2v) is 7.53. The first kappa shape index (κ1) is 17.5. The summed E-state index contributed by atoms with van der Waals surface area (Å²) in [6.07, 6.45) is 4.67. The van der Waals surface area contributed by atoms with Gasteiger partial charge in [0.15, 0.2) is 5.13 Å². The molecule has 24 heavy (non-hydrogen) atoms. The average Bonchev–Trinajstić information content (AvgIpc) is 3.09. The number of amides is 1. The molecular formula is C17H19Cl2N3OS. The van der Waals surface area contributed by atoms with E-state index in [9.17, 15) is 4.79 Å². The minimum atomic E-state index is 0.0543. The van der Waals surface area contributed by atoms with Gasteiger partial charge in [0.05, 0.1) is 0 Å². The summed E-state index contributed by atoms with van der Waals surface area (Å²) in [6.45, 7) is 1.85. The molecule has 128 valence electrons. The van der Waals surface area contributed by atoms with Crippen molar-refractivity contribution in [3.05, 3.63) is 45.4 Å². The van der Waals surface area contributed by atoms with Gasteiger partial charge in [0.1, 0.15) is 0 Å². The normalized spacial score (nSPS) is 15.5. The number of nitrogens with zero attached hydrogens (tertiary/aromatic N) is 2. The van der Waals surface area contributed by atoms with Gasteiger partial charge in [0.2, 0.25) is 5.91 Å². The van der Waals surface area contributed by atoms with Gasteiger partial charge in [-0.25, -0.2) is 4.98 Å².